The Morgan fingerprint density at radius 2 is 1.67 bits per heavy atom. The Bertz CT molecular complexity index is 430. The van der Waals surface area contributed by atoms with Crippen molar-refractivity contribution in [3.8, 4) is 0 Å². The number of alkyl halides is 1. The third-order valence-electron chi connectivity index (χ3n) is 3.62. The summed E-state index contributed by atoms with van der Waals surface area (Å²) in [6.45, 7) is 0. The zero-order valence-electron chi connectivity index (χ0n) is 10.3. The number of carbonyl (C=O) groups excluding carboxylic acids is 2. The zero-order valence-corrected chi connectivity index (χ0v) is 11.1. The van der Waals surface area contributed by atoms with Gasteiger partial charge >= 0.3 is 0 Å². The summed E-state index contributed by atoms with van der Waals surface area (Å²) in [6, 6.07) is 7.45. The van der Waals surface area contributed by atoms with Crippen LogP contribution in [0, 0.1) is 0 Å². The van der Waals surface area contributed by atoms with Crippen molar-refractivity contribution in [1.82, 2.24) is 0 Å². The van der Waals surface area contributed by atoms with Gasteiger partial charge in [-0.1, -0.05) is 43.5 Å². The minimum atomic E-state index is -0.540. The molecule has 18 heavy (non-hydrogen) atoms. The Balaban J connectivity index is 2.09. The average Bonchev–Trinajstić information content (AvgIpc) is 2.47. The van der Waals surface area contributed by atoms with E-state index in [4.69, 9.17) is 11.6 Å². The molecule has 0 radical (unpaired) electrons. The van der Waals surface area contributed by atoms with Crippen molar-refractivity contribution in [2.75, 3.05) is 5.88 Å². The second kappa shape index (κ2) is 6.14. The van der Waals surface area contributed by atoms with E-state index in [9.17, 15) is 9.59 Å². The molecule has 0 heterocycles. The molecule has 1 saturated carbocycles. The summed E-state index contributed by atoms with van der Waals surface area (Å²) in [5.74, 6) is -0.655. The molecule has 0 aliphatic heterocycles. The molecule has 0 spiro atoms. The standard InChI is InChI=1S/C15H17ClO2/c16-10-14(17)15(18)13-8-6-12(7-9-13)11-4-2-1-3-5-11/h6-9,11H,1-5,10H2. The first-order valence-electron chi connectivity index (χ1n) is 6.46. The average molecular weight is 265 g/mol. The van der Waals surface area contributed by atoms with Crippen molar-refractivity contribution in [3.05, 3.63) is 35.4 Å². The number of benzene rings is 1. The third kappa shape index (κ3) is 2.99. The van der Waals surface area contributed by atoms with Crippen LogP contribution in [0.2, 0.25) is 0 Å². The molecule has 0 aromatic heterocycles. The lowest BCUT2D eigenvalue weighted by Gasteiger charge is -2.21. The maximum atomic E-state index is 11.6. The molecule has 0 amide bonds. The molecule has 2 nitrogen and oxygen atoms in total. The minimum Gasteiger partial charge on any atom is -0.289 e. The van der Waals surface area contributed by atoms with Crippen LogP contribution in [0.1, 0.15) is 53.9 Å². The molecule has 96 valence electrons. The monoisotopic (exact) mass is 264 g/mol. The number of hydrogen-bond donors (Lipinski definition) is 0. The second-order valence-electron chi connectivity index (χ2n) is 4.84. The molecule has 3 heteroatoms. The van der Waals surface area contributed by atoms with E-state index in [0.717, 1.165) is 0 Å². The van der Waals surface area contributed by atoms with Crippen molar-refractivity contribution in [1.29, 1.82) is 0 Å². The van der Waals surface area contributed by atoms with Gasteiger partial charge in [-0.2, -0.15) is 0 Å². The van der Waals surface area contributed by atoms with Gasteiger partial charge in [0.2, 0.25) is 11.6 Å². The van der Waals surface area contributed by atoms with Gasteiger partial charge in [0.1, 0.15) is 0 Å². The first-order valence-corrected chi connectivity index (χ1v) is 6.99. The van der Waals surface area contributed by atoms with Gasteiger partial charge < -0.3 is 0 Å². The number of rotatable bonds is 4. The third-order valence-corrected chi connectivity index (χ3v) is 3.87. The summed E-state index contributed by atoms with van der Waals surface area (Å²) in [5.41, 5.74) is 1.73. The number of carbonyl (C=O) groups is 2. The molecule has 2 rings (SSSR count). The molecular formula is C15H17ClO2. The highest BCUT2D eigenvalue weighted by molar-refractivity contribution is 6.51. The molecule has 1 fully saturated rings. The fourth-order valence-corrected chi connectivity index (χ4v) is 2.69. The lowest BCUT2D eigenvalue weighted by molar-refractivity contribution is -0.112. The van der Waals surface area contributed by atoms with E-state index in [0.29, 0.717) is 11.5 Å². The second-order valence-corrected chi connectivity index (χ2v) is 5.11. The molecular weight excluding hydrogens is 248 g/mol. The van der Waals surface area contributed by atoms with E-state index in [-0.39, 0.29) is 5.88 Å². The highest BCUT2D eigenvalue weighted by atomic mass is 35.5. The fraction of sp³-hybridized carbons (Fsp3) is 0.467. The van der Waals surface area contributed by atoms with Crippen molar-refractivity contribution in [2.24, 2.45) is 0 Å². The van der Waals surface area contributed by atoms with E-state index in [2.05, 4.69) is 0 Å². The number of ketones is 2. The topological polar surface area (TPSA) is 34.1 Å². The van der Waals surface area contributed by atoms with Crippen molar-refractivity contribution in [3.63, 3.8) is 0 Å². The molecule has 1 aliphatic carbocycles. The van der Waals surface area contributed by atoms with E-state index >= 15 is 0 Å². The Morgan fingerprint density at radius 1 is 1.06 bits per heavy atom. The van der Waals surface area contributed by atoms with E-state index in [1.807, 2.05) is 12.1 Å². The Morgan fingerprint density at radius 3 is 2.22 bits per heavy atom. The summed E-state index contributed by atoms with van der Waals surface area (Å²) < 4.78 is 0. The highest BCUT2D eigenvalue weighted by Crippen LogP contribution is 2.32. The summed E-state index contributed by atoms with van der Waals surface area (Å²) in [7, 11) is 0. The molecule has 0 atom stereocenters. The predicted octanol–water partition coefficient (Wildman–Crippen LogP) is 3.72. The minimum absolute atomic E-state index is 0.247. The lowest BCUT2D eigenvalue weighted by atomic mass is 9.84. The van der Waals surface area contributed by atoms with Crippen LogP contribution in [0.4, 0.5) is 0 Å². The maximum absolute atomic E-state index is 11.6. The van der Waals surface area contributed by atoms with Crippen LogP contribution in [0.5, 0.6) is 0 Å². The first-order chi connectivity index (χ1) is 8.72. The Hall–Kier alpha value is -1.15. The summed E-state index contributed by atoms with van der Waals surface area (Å²) >= 11 is 5.38. The van der Waals surface area contributed by atoms with E-state index in [1.54, 1.807) is 12.1 Å². The molecule has 0 bridgehead atoms. The van der Waals surface area contributed by atoms with Gasteiger partial charge in [0.05, 0.1) is 5.88 Å². The van der Waals surface area contributed by atoms with Crippen LogP contribution >= 0.6 is 11.6 Å². The van der Waals surface area contributed by atoms with Gasteiger partial charge in [-0.25, -0.2) is 0 Å². The highest BCUT2D eigenvalue weighted by Gasteiger charge is 2.18. The predicted molar refractivity (Wildman–Crippen MR) is 72.3 cm³/mol. The van der Waals surface area contributed by atoms with Gasteiger partial charge in [-0.15, -0.1) is 11.6 Å². The molecule has 0 unspecified atom stereocenters. The molecule has 0 saturated heterocycles. The quantitative estimate of drug-likeness (QED) is 0.472. The van der Waals surface area contributed by atoms with Crippen molar-refractivity contribution >= 4 is 23.2 Å². The number of Topliss-reactive ketones (excluding diaryl/α,β-unsaturated/α-hetero) is 2. The first kappa shape index (κ1) is 13.3. The Labute approximate surface area is 112 Å². The van der Waals surface area contributed by atoms with Crippen LogP contribution < -0.4 is 0 Å². The zero-order chi connectivity index (χ0) is 13.0. The van der Waals surface area contributed by atoms with Crippen LogP contribution in [0.15, 0.2) is 24.3 Å². The van der Waals surface area contributed by atoms with Gasteiger partial charge in [0.15, 0.2) is 0 Å². The summed E-state index contributed by atoms with van der Waals surface area (Å²) in [5, 5.41) is 0. The van der Waals surface area contributed by atoms with E-state index in [1.165, 1.54) is 37.7 Å². The number of hydrogen-bond acceptors (Lipinski definition) is 2. The smallest absolute Gasteiger partial charge is 0.229 e. The van der Waals surface area contributed by atoms with Crippen LogP contribution in [-0.4, -0.2) is 17.4 Å². The summed E-state index contributed by atoms with van der Waals surface area (Å²) in [4.78, 5) is 22.8. The van der Waals surface area contributed by atoms with Crippen LogP contribution in [-0.2, 0) is 4.79 Å². The van der Waals surface area contributed by atoms with Crippen LogP contribution in [0.3, 0.4) is 0 Å². The molecule has 0 N–H and O–H groups in total. The normalized spacial score (nSPS) is 16.5. The number of halogens is 1. The summed E-state index contributed by atoms with van der Waals surface area (Å²) in [6.07, 6.45) is 6.37. The molecule has 1 aromatic carbocycles. The molecule has 1 aromatic rings. The van der Waals surface area contributed by atoms with Gasteiger partial charge in [0, 0.05) is 5.56 Å². The van der Waals surface area contributed by atoms with E-state index < -0.39 is 11.6 Å². The van der Waals surface area contributed by atoms with Crippen molar-refractivity contribution < 1.29 is 9.59 Å². The van der Waals surface area contributed by atoms with Crippen molar-refractivity contribution in [2.45, 2.75) is 38.0 Å². The maximum Gasteiger partial charge on any atom is 0.229 e. The van der Waals surface area contributed by atoms with Crippen LogP contribution in [0.25, 0.3) is 0 Å². The SMILES string of the molecule is O=C(CCl)C(=O)c1ccc(C2CCCCC2)cc1. The Kier molecular flexibility index (Phi) is 4.54. The van der Waals surface area contributed by atoms with Gasteiger partial charge in [-0.3, -0.25) is 9.59 Å². The van der Waals surface area contributed by atoms with Gasteiger partial charge in [0.25, 0.3) is 0 Å². The largest absolute Gasteiger partial charge is 0.289 e. The molecule has 1 aliphatic rings. The van der Waals surface area contributed by atoms with Gasteiger partial charge in [-0.05, 0) is 24.3 Å². The fourth-order valence-electron chi connectivity index (χ4n) is 2.56. The lowest BCUT2D eigenvalue weighted by Crippen LogP contribution is -2.15.